The normalized spacial score (nSPS) is 13.2. The first-order valence-corrected chi connectivity index (χ1v) is 7.45. The highest BCUT2D eigenvalue weighted by Gasteiger charge is 2.31. The van der Waals surface area contributed by atoms with E-state index < -0.39 is 54.5 Å². The predicted octanol–water partition coefficient (Wildman–Crippen LogP) is 3.34. The van der Waals surface area contributed by atoms with Crippen molar-refractivity contribution in [3.05, 3.63) is 35.1 Å². The molecule has 0 bridgehead atoms. The second kappa shape index (κ2) is 8.35. The molecule has 0 aliphatic heterocycles. The number of amides is 1. The van der Waals surface area contributed by atoms with Crippen molar-refractivity contribution in [2.45, 2.75) is 45.2 Å². The van der Waals surface area contributed by atoms with Crippen molar-refractivity contribution in [3.63, 3.8) is 0 Å². The number of rotatable bonds is 6. The number of hydrogen-bond acceptors (Lipinski definition) is 4. The molecule has 0 heterocycles. The maximum Gasteiger partial charge on any atom is 0.416 e. The van der Waals surface area contributed by atoms with E-state index in [1.165, 1.54) is 0 Å². The van der Waals surface area contributed by atoms with Gasteiger partial charge in [-0.3, -0.25) is 0 Å². The molecule has 2 N–H and O–H groups in total. The number of halogens is 4. The summed E-state index contributed by atoms with van der Waals surface area (Å²) in [7, 11) is 0. The topological polar surface area (TPSA) is 84.9 Å². The van der Waals surface area contributed by atoms with Gasteiger partial charge in [0.1, 0.15) is 11.4 Å². The Morgan fingerprint density at radius 1 is 1.23 bits per heavy atom. The molecule has 6 nitrogen and oxygen atoms in total. The summed E-state index contributed by atoms with van der Waals surface area (Å²) in [6, 6.07) is 0.295. The molecule has 0 radical (unpaired) electrons. The lowest BCUT2D eigenvalue weighted by Crippen LogP contribution is -2.46. The third-order valence-electron chi connectivity index (χ3n) is 2.90. The number of alkyl carbamates (subject to hydrolysis) is 1. The van der Waals surface area contributed by atoms with Crippen LogP contribution in [0.5, 0.6) is 0 Å². The number of carboxylic acid groups (broad SMARTS) is 1. The minimum atomic E-state index is -4.65. The number of carboxylic acids is 1. The Labute approximate surface area is 147 Å². The smallest absolute Gasteiger partial charge is 0.416 e. The van der Waals surface area contributed by atoms with E-state index in [1.54, 1.807) is 20.8 Å². The van der Waals surface area contributed by atoms with E-state index in [0.29, 0.717) is 18.2 Å². The first-order valence-electron chi connectivity index (χ1n) is 7.45. The van der Waals surface area contributed by atoms with E-state index in [0.717, 1.165) is 0 Å². The van der Waals surface area contributed by atoms with Crippen LogP contribution >= 0.6 is 0 Å². The molecule has 0 saturated heterocycles. The lowest BCUT2D eigenvalue weighted by molar-refractivity contribution is -0.141. The average molecular weight is 381 g/mol. The van der Waals surface area contributed by atoms with Crippen LogP contribution in [0.3, 0.4) is 0 Å². The zero-order valence-electron chi connectivity index (χ0n) is 14.3. The Balaban J connectivity index is 2.69. The molecule has 1 atom stereocenters. The quantitative estimate of drug-likeness (QED) is 0.739. The number of carbonyl (C=O) groups is 2. The average Bonchev–Trinajstić information content (AvgIpc) is 2.44. The summed E-state index contributed by atoms with van der Waals surface area (Å²) >= 11 is 0. The number of nitrogens with one attached hydrogen (secondary N) is 1. The zero-order chi connectivity index (χ0) is 20.1. The second-order valence-electron chi connectivity index (χ2n) is 6.36. The fourth-order valence-electron chi connectivity index (χ4n) is 1.77. The van der Waals surface area contributed by atoms with Crippen molar-refractivity contribution < 1.29 is 41.7 Å². The maximum absolute atomic E-state index is 13.6. The molecule has 1 amide bonds. The Morgan fingerprint density at radius 3 is 2.35 bits per heavy atom. The summed E-state index contributed by atoms with van der Waals surface area (Å²) in [5.74, 6) is -2.37. The van der Waals surface area contributed by atoms with Gasteiger partial charge in [-0.2, -0.15) is 13.2 Å². The molecule has 1 rings (SSSR count). The Morgan fingerprint density at radius 2 is 1.85 bits per heavy atom. The van der Waals surface area contributed by atoms with Crippen molar-refractivity contribution in [1.82, 2.24) is 5.32 Å². The van der Waals surface area contributed by atoms with Crippen molar-refractivity contribution in [1.29, 1.82) is 0 Å². The summed E-state index contributed by atoms with van der Waals surface area (Å²) in [6.45, 7) is 3.54. The van der Waals surface area contributed by atoms with Crippen LogP contribution in [-0.2, 0) is 27.1 Å². The van der Waals surface area contributed by atoms with Gasteiger partial charge in [-0.1, -0.05) is 0 Å². The predicted molar refractivity (Wildman–Crippen MR) is 81.9 cm³/mol. The molecule has 26 heavy (non-hydrogen) atoms. The van der Waals surface area contributed by atoms with E-state index in [1.807, 2.05) is 0 Å². The summed E-state index contributed by atoms with van der Waals surface area (Å²) in [6.07, 6.45) is -5.65. The van der Waals surface area contributed by atoms with Gasteiger partial charge in [0.05, 0.1) is 18.8 Å². The Bertz CT molecular complexity index is 655. The highest BCUT2D eigenvalue weighted by Crippen LogP contribution is 2.30. The lowest BCUT2D eigenvalue weighted by Gasteiger charge is -2.22. The van der Waals surface area contributed by atoms with Gasteiger partial charge >= 0.3 is 18.2 Å². The summed E-state index contributed by atoms with van der Waals surface area (Å²) < 4.78 is 61.3. The molecule has 0 spiro atoms. The number of carbonyl (C=O) groups excluding carboxylic acids is 1. The second-order valence-corrected chi connectivity index (χ2v) is 6.36. The van der Waals surface area contributed by atoms with Gasteiger partial charge in [0.25, 0.3) is 0 Å². The molecule has 0 fully saturated rings. The van der Waals surface area contributed by atoms with Crippen molar-refractivity contribution in [3.8, 4) is 0 Å². The van der Waals surface area contributed by atoms with E-state index in [9.17, 15) is 27.2 Å². The molecular formula is C16H19F4NO5. The van der Waals surface area contributed by atoms with Crippen LogP contribution in [-0.4, -0.2) is 35.4 Å². The lowest BCUT2D eigenvalue weighted by atomic mass is 10.1. The maximum atomic E-state index is 13.6. The van der Waals surface area contributed by atoms with Crippen molar-refractivity contribution in [2.24, 2.45) is 0 Å². The van der Waals surface area contributed by atoms with E-state index in [-0.39, 0.29) is 5.56 Å². The monoisotopic (exact) mass is 381 g/mol. The molecule has 10 heteroatoms. The number of benzene rings is 1. The molecule has 0 saturated carbocycles. The minimum Gasteiger partial charge on any atom is -0.480 e. The molecule has 1 aromatic rings. The molecule has 1 aromatic carbocycles. The number of ether oxygens (including phenoxy) is 2. The summed E-state index contributed by atoms with van der Waals surface area (Å²) in [5, 5.41) is 11.1. The van der Waals surface area contributed by atoms with Gasteiger partial charge in [0.2, 0.25) is 0 Å². The highest BCUT2D eigenvalue weighted by molar-refractivity contribution is 5.80. The van der Waals surface area contributed by atoms with Crippen LogP contribution in [0.2, 0.25) is 0 Å². The van der Waals surface area contributed by atoms with Crippen LogP contribution in [0.4, 0.5) is 22.4 Å². The van der Waals surface area contributed by atoms with Crippen molar-refractivity contribution in [2.75, 3.05) is 6.61 Å². The Kier molecular flexibility index (Phi) is 6.96. The largest absolute Gasteiger partial charge is 0.480 e. The van der Waals surface area contributed by atoms with Crippen LogP contribution in [0.25, 0.3) is 0 Å². The number of aliphatic carboxylic acids is 1. The first kappa shape index (κ1) is 21.7. The molecule has 146 valence electrons. The summed E-state index contributed by atoms with van der Waals surface area (Å²) in [4.78, 5) is 22.7. The van der Waals surface area contributed by atoms with E-state index in [4.69, 9.17) is 14.6 Å². The molecular weight excluding hydrogens is 362 g/mol. The highest BCUT2D eigenvalue weighted by atomic mass is 19.4. The van der Waals surface area contributed by atoms with E-state index in [2.05, 4.69) is 5.32 Å². The molecule has 0 aliphatic carbocycles. The SMILES string of the molecule is CC(C)(C)OC(=O)N[C@H](COCc1cc(C(F)(F)F)ccc1F)C(=O)O. The van der Waals surface area contributed by atoms with Crippen LogP contribution in [0, 0.1) is 5.82 Å². The van der Waals surface area contributed by atoms with Gasteiger partial charge in [-0.05, 0) is 39.0 Å². The summed E-state index contributed by atoms with van der Waals surface area (Å²) in [5.41, 5.74) is -2.30. The van der Waals surface area contributed by atoms with Gasteiger partial charge in [0, 0.05) is 5.56 Å². The fraction of sp³-hybridized carbons (Fsp3) is 0.500. The van der Waals surface area contributed by atoms with E-state index >= 15 is 0 Å². The molecule has 0 unspecified atom stereocenters. The Hall–Kier alpha value is -2.36. The number of hydrogen-bond donors (Lipinski definition) is 2. The van der Waals surface area contributed by atoms with Crippen LogP contribution in [0.1, 0.15) is 31.9 Å². The van der Waals surface area contributed by atoms with Crippen LogP contribution in [0.15, 0.2) is 18.2 Å². The third kappa shape index (κ3) is 7.26. The standard InChI is InChI=1S/C16H19F4NO5/c1-15(2,3)26-14(24)21-12(13(22)23)8-25-7-9-6-10(16(18,19)20)4-5-11(9)17/h4-6,12H,7-8H2,1-3H3,(H,21,24)(H,22,23)/t12-/m1/s1. The minimum absolute atomic E-state index is 0.388. The van der Waals surface area contributed by atoms with Gasteiger partial charge in [0.15, 0.2) is 6.04 Å². The van der Waals surface area contributed by atoms with Crippen molar-refractivity contribution >= 4 is 12.1 Å². The first-order chi connectivity index (χ1) is 11.8. The molecule has 0 aromatic heterocycles. The fourth-order valence-corrected chi connectivity index (χ4v) is 1.77. The zero-order valence-corrected chi connectivity index (χ0v) is 14.3. The van der Waals surface area contributed by atoms with Crippen LogP contribution < -0.4 is 5.32 Å². The van der Waals surface area contributed by atoms with Gasteiger partial charge in [-0.25, -0.2) is 14.0 Å². The third-order valence-corrected chi connectivity index (χ3v) is 2.90. The number of alkyl halides is 3. The van der Waals surface area contributed by atoms with Gasteiger partial charge in [-0.15, -0.1) is 0 Å². The molecule has 0 aliphatic rings. The van der Waals surface area contributed by atoms with Gasteiger partial charge < -0.3 is 19.9 Å².